The first-order valence-corrected chi connectivity index (χ1v) is 13.1. The number of aliphatic carboxylic acids is 1. The fraction of sp³-hybridized carbons (Fsp3) is 0.500. The van der Waals surface area contributed by atoms with Crippen LogP contribution in [0.1, 0.15) is 38.7 Å². The second-order valence-electron chi connectivity index (χ2n) is 8.41. The summed E-state index contributed by atoms with van der Waals surface area (Å²) in [6.45, 7) is 2.66. The maximum Gasteiger partial charge on any atom is 0.303 e. The van der Waals surface area contributed by atoms with Crippen molar-refractivity contribution in [3.05, 3.63) is 35.9 Å². The number of rotatable bonds is 16. The Morgan fingerprint density at radius 3 is 2.00 bits per heavy atom. The van der Waals surface area contributed by atoms with Gasteiger partial charge >= 0.3 is 5.97 Å². The molecule has 4 atom stereocenters. The molecule has 0 saturated carbocycles. The van der Waals surface area contributed by atoms with Crippen LogP contribution in [0.4, 0.5) is 0 Å². The van der Waals surface area contributed by atoms with Crippen LogP contribution in [0, 0.1) is 0 Å². The highest BCUT2D eigenvalue weighted by molar-refractivity contribution is 7.98. The Hall–Kier alpha value is -3.61. The minimum atomic E-state index is -1.28. The Kier molecular flexibility index (Phi) is 13.8. The molecule has 0 aliphatic carbocycles. The van der Waals surface area contributed by atoms with Crippen molar-refractivity contribution < 1.29 is 33.9 Å². The molecule has 0 bridgehead atoms. The van der Waals surface area contributed by atoms with Gasteiger partial charge in [-0.25, -0.2) is 0 Å². The van der Waals surface area contributed by atoms with Crippen molar-refractivity contribution in [1.29, 1.82) is 0 Å². The minimum absolute atomic E-state index is 0.189. The fourth-order valence-electron chi connectivity index (χ4n) is 3.31. The molecule has 1 rings (SSSR count). The van der Waals surface area contributed by atoms with Gasteiger partial charge in [-0.1, -0.05) is 30.3 Å². The molecular formula is C24H35N5O7S. The van der Waals surface area contributed by atoms with E-state index >= 15 is 0 Å². The van der Waals surface area contributed by atoms with Gasteiger partial charge in [0.2, 0.25) is 29.5 Å². The van der Waals surface area contributed by atoms with Gasteiger partial charge in [0.05, 0.1) is 0 Å². The number of hydrogen-bond donors (Lipinski definition) is 6. The van der Waals surface area contributed by atoms with Crippen LogP contribution >= 0.6 is 11.8 Å². The molecule has 0 saturated heterocycles. The van der Waals surface area contributed by atoms with Crippen LogP contribution in [-0.4, -0.2) is 76.8 Å². The normalized spacial score (nSPS) is 13.8. The van der Waals surface area contributed by atoms with Crippen LogP contribution in [0.5, 0.6) is 0 Å². The van der Waals surface area contributed by atoms with E-state index in [2.05, 4.69) is 21.3 Å². The number of carbonyl (C=O) groups is 6. The maximum atomic E-state index is 12.8. The molecule has 1 aromatic rings. The number of amides is 5. The number of carboxylic acids is 1. The SMILES string of the molecule is CSCCC(NC(=O)C(CCC(=O)O)NC(=O)C(C)NC(=O)C(Cc1ccccc1)NC(C)=O)C(N)=O. The summed E-state index contributed by atoms with van der Waals surface area (Å²) in [5.41, 5.74) is 6.14. The molecule has 0 radical (unpaired) electrons. The molecule has 0 spiro atoms. The third kappa shape index (κ3) is 12.3. The monoisotopic (exact) mass is 537 g/mol. The van der Waals surface area contributed by atoms with Gasteiger partial charge in [0.1, 0.15) is 24.2 Å². The summed E-state index contributed by atoms with van der Waals surface area (Å²) in [6, 6.07) is 4.64. The lowest BCUT2D eigenvalue weighted by Crippen LogP contribution is -2.57. The van der Waals surface area contributed by atoms with Gasteiger partial charge in [0, 0.05) is 19.8 Å². The van der Waals surface area contributed by atoms with Crippen molar-refractivity contribution in [3.63, 3.8) is 0 Å². The highest BCUT2D eigenvalue weighted by Crippen LogP contribution is 2.06. The van der Waals surface area contributed by atoms with Crippen molar-refractivity contribution >= 4 is 47.3 Å². The predicted octanol–water partition coefficient (Wildman–Crippen LogP) is -0.689. The summed E-state index contributed by atoms with van der Waals surface area (Å²) >= 11 is 1.45. The fourth-order valence-corrected chi connectivity index (χ4v) is 3.78. The smallest absolute Gasteiger partial charge is 0.303 e. The van der Waals surface area contributed by atoms with E-state index in [9.17, 15) is 28.8 Å². The number of nitrogens with one attached hydrogen (secondary N) is 4. The second kappa shape index (κ2) is 16.2. The molecule has 37 heavy (non-hydrogen) atoms. The number of hydrogen-bond acceptors (Lipinski definition) is 7. The molecule has 5 amide bonds. The van der Waals surface area contributed by atoms with Crippen molar-refractivity contribution in [2.24, 2.45) is 5.73 Å². The Bertz CT molecular complexity index is 960. The van der Waals surface area contributed by atoms with E-state index in [0.29, 0.717) is 5.75 Å². The number of carboxylic acid groups (broad SMARTS) is 1. The summed E-state index contributed by atoms with van der Waals surface area (Å²) < 4.78 is 0. The van der Waals surface area contributed by atoms with E-state index in [0.717, 1.165) is 5.56 Å². The summed E-state index contributed by atoms with van der Waals surface area (Å²) in [4.78, 5) is 72.8. The zero-order valence-corrected chi connectivity index (χ0v) is 21.9. The van der Waals surface area contributed by atoms with Crippen LogP contribution in [0.2, 0.25) is 0 Å². The standard InChI is InChI=1S/C24H35N5O7S/c1-14(26-24(36)19(27-15(2)30)13-16-7-5-4-6-8-16)22(34)29-18(9-10-20(31)32)23(35)28-17(21(25)33)11-12-37-3/h4-8,14,17-19H,9-13H2,1-3H3,(H2,25,33)(H,26,36)(H,27,30)(H,28,35)(H,29,34)(H,31,32). The van der Waals surface area contributed by atoms with Crippen LogP contribution in [0.15, 0.2) is 30.3 Å². The Labute approximate surface area is 219 Å². The zero-order valence-electron chi connectivity index (χ0n) is 21.1. The van der Waals surface area contributed by atoms with Crippen LogP contribution in [0.3, 0.4) is 0 Å². The van der Waals surface area contributed by atoms with Crippen molar-refractivity contribution in [2.45, 2.75) is 63.7 Å². The molecule has 13 heteroatoms. The van der Waals surface area contributed by atoms with Gasteiger partial charge in [-0.15, -0.1) is 0 Å². The molecule has 0 aromatic heterocycles. The highest BCUT2D eigenvalue weighted by Gasteiger charge is 2.29. The first-order valence-electron chi connectivity index (χ1n) is 11.7. The van der Waals surface area contributed by atoms with Gasteiger partial charge in [0.15, 0.2) is 0 Å². The Morgan fingerprint density at radius 1 is 0.865 bits per heavy atom. The maximum absolute atomic E-state index is 12.8. The van der Waals surface area contributed by atoms with E-state index in [1.807, 2.05) is 12.3 Å². The topological polar surface area (TPSA) is 197 Å². The van der Waals surface area contributed by atoms with Crippen LogP contribution in [0.25, 0.3) is 0 Å². The first-order chi connectivity index (χ1) is 17.4. The quantitative estimate of drug-likeness (QED) is 0.159. The summed E-state index contributed by atoms with van der Waals surface area (Å²) in [5.74, 6) is -3.95. The molecule has 0 heterocycles. The summed E-state index contributed by atoms with van der Waals surface area (Å²) in [5, 5.41) is 19.0. The van der Waals surface area contributed by atoms with Crippen LogP contribution < -0.4 is 27.0 Å². The third-order valence-corrected chi connectivity index (χ3v) is 5.92. The average Bonchev–Trinajstić information content (AvgIpc) is 2.83. The number of benzene rings is 1. The van der Waals surface area contributed by atoms with Gasteiger partial charge in [-0.05, 0) is 37.3 Å². The Morgan fingerprint density at radius 2 is 1.46 bits per heavy atom. The number of thioether (sulfide) groups is 1. The van der Waals surface area contributed by atoms with Crippen molar-refractivity contribution in [3.8, 4) is 0 Å². The lowest BCUT2D eigenvalue weighted by atomic mass is 10.0. The van der Waals surface area contributed by atoms with Crippen molar-refractivity contribution in [1.82, 2.24) is 21.3 Å². The minimum Gasteiger partial charge on any atom is -0.481 e. The average molecular weight is 538 g/mol. The number of primary amides is 1. The molecule has 204 valence electrons. The zero-order chi connectivity index (χ0) is 28.0. The second-order valence-corrected chi connectivity index (χ2v) is 9.40. The number of carbonyl (C=O) groups excluding carboxylic acids is 5. The van der Waals surface area contributed by atoms with E-state index in [1.54, 1.807) is 24.3 Å². The summed E-state index contributed by atoms with van der Waals surface area (Å²) in [6.07, 6.45) is 1.60. The van der Waals surface area contributed by atoms with Gasteiger partial charge in [-0.3, -0.25) is 28.8 Å². The molecule has 0 fully saturated rings. The van der Waals surface area contributed by atoms with E-state index in [4.69, 9.17) is 10.8 Å². The molecule has 4 unspecified atom stereocenters. The van der Waals surface area contributed by atoms with Gasteiger partial charge in [-0.2, -0.15) is 11.8 Å². The largest absolute Gasteiger partial charge is 0.481 e. The molecule has 12 nitrogen and oxygen atoms in total. The lowest BCUT2D eigenvalue weighted by Gasteiger charge is -2.24. The highest BCUT2D eigenvalue weighted by atomic mass is 32.2. The Balaban J connectivity index is 2.90. The van der Waals surface area contributed by atoms with Crippen LogP contribution in [-0.2, 0) is 35.2 Å². The molecule has 1 aromatic carbocycles. The first kappa shape index (κ1) is 31.4. The lowest BCUT2D eigenvalue weighted by molar-refractivity contribution is -0.138. The summed E-state index contributed by atoms with van der Waals surface area (Å²) in [7, 11) is 0. The third-order valence-electron chi connectivity index (χ3n) is 5.28. The molecule has 0 aliphatic rings. The van der Waals surface area contributed by atoms with E-state index in [1.165, 1.54) is 25.6 Å². The van der Waals surface area contributed by atoms with E-state index < -0.39 is 66.1 Å². The number of nitrogens with two attached hydrogens (primary N) is 1. The molecule has 7 N–H and O–H groups in total. The van der Waals surface area contributed by atoms with Gasteiger partial charge in [0.25, 0.3) is 0 Å². The van der Waals surface area contributed by atoms with Gasteiger partial charge < -0.3 is 32.1 Å². The molecule has 0 aliphatic heterocycles. The van der Waals surface area contributed by atoms with E-state index in [-0.39, 0.29) is 19.3 Å². The van der Waals surface area contributed by atoms with Crippen molar-refractivity contribution in [2.75, 3.05) is 12.0 Å². The molecular weight excluding hydrogens is 502 g/mol. The predicted molar refractivity (Wildman–Crippen MR) is 138 cm³/mol.